The number of piperidine rings is 1. The molecule has 1 aromatic heterocycles. The highest BCUT2D eigenvalue weighted by molar-refractivity contribution is 5.95. The number of amides is 1. The molecule has 1 amide bonds. The lowest BCUT2D eigenvalue weighted by Crippen LogP contribution is -2.45. The number of ether oxygens (including phenoxy) is 1. The van der Waals surface area contributed by atoms with E-state index in [0.29, 0.717) is 37.3 Å². The van der Waals surface area contributed by atoms with Crippen molar-refractivity contribution in [3.8, 4) is 0 Å². The lowest BCUT2D eigenvalue weighted by Gasteiger charge is -2.38. The van der Waals surface area contributed by atoms with E-state index in [4.69, 9.17) is 9.15 Å². The summed E-state index contributed by atoms with van der Waals surface area (Å²) < 4.78 is 10.8. The van der Waals surface area contributed by atoms with Crippen LogP contribution in [0.2, 0.25) is 0 Å². The summed E-state index contributed by atoms with van der Waals surface area (Å²) in [7, 11) is 0. The van der Waals surface area contributed by atoms with Crippen molar-refractivity contribution in [1.29, 1.82) is 0 Å². The fourth-order valence-corrected chi connectivity index (χ4v) is 3.34. The molecule has 0 radical (unpaired) electrons. The van der Waals surface area contributed by atoms with Gasteiger partial charge < -0.3 is 14.1 Å². The zero-order chi connectivity index (χ0) is 15.2. The largest absolute Gasteiger partial charge is 0.459 e. The van der Waals surface area contributed by atoms with Crippen molar-refractivity contribution < 1.29 is 18.7 Å². The van der Waals surface area contributed by atoms with Crippen LogP contribution in [0.15, 0.2) is 47.1 Å². The van der Waals surface area contributed by atoms with Crippen LogP contribution in [-0.4, -0.2) is 29.9 Å². The number of carbonyl (C=O) groups is 2. The molecule has 1 spiro atoms. The Kier molecular flexibility index (Phi) is 2.82. The zero-order valence-corrected chi connectivity index (χ0v) is 12.0. The van der Waals surface area contributed by atoms with Crippen molar-refractivity contribution in [2.45, 2.75) is 18.4 Å². The van der Waals surface area contributed by atoms with Crippen molar-refractivity contribution >= 4 is 11.9 Å². The van der Waals surface area contributed by atoms with E-state index in [0.717, 1.165) is 5.56 Å². The number of furan rings is 1. The van der Waals surface area contributed by atoms with Crippen molar-refractivity contribution in [1.82, 2.24) is 4.90 Å². The Morgan fingerprint density at radius 1 is 1.09 bits per heavy atom. The number of benzene rings is 1. The molecular formula is C17H15NO4. The Labute approximate surface area is 127 Å². The van der Waals surface area contributed by atoms with Gasteiger partial charge in [-0.1, -0.05) is 18.2 Å². The predicted molar refractivity (Wildman–Crippen MR) is 77.4 cm³/mol. The third kappa shape index (κ3) is 1.85. The maximum atomic E-state index is 12.3. The monoisotopic (exact) mass is 297 g/mol. The highest BCUT2D eigenvalue weighted by atomic mass is 16.6. The standard InChI is InChI=1S/C17H15NO4/c19-15(14-6-3-11-21-14)18-9-7-17(8-10-18)13-5-2-1-4-12(13)16(20)22-17/h1-6,11H,7-10H2. The van der Waals surface area contributed by atoms with E-state index < -0.39 is 5.60 Å². The quantitative estimate of drug-likeness (QED) is 0.759. The van der Waals surface area contributed by atoms with E-state index >= 15 is 0 Å². The van der Waals surface area contributed by atoms with Gasteiger partial charge in [0.1, 0.15) is 5.60 Å². The van der Waals surface area contributed by atoms with Crippen LogP contribution in [0.1, 0.15) is 39.3 Å². The SMILES string of the molecule is O=C1OC2(CCN(C(=O)c3ccco3)CC2)c2ccccc21. The summed E-state index contributed by atoms with van der Waals surface area (Å²) >= 11 is 0. The summed E-state index contributed by atoms with van der Waals surface area (Å²) in [6.45, 7) is 1.09. The van der Waals surface area contributed by atoms with Crippen LogP contribution in [0.3, 0.4) is 0 Å². The lowest BCUT2D eigenvalue weighted by molar-refractivity contribution is -0.0393. The smallest absolute Gasteiger partial charge is 0.339 e. The molecule has 0 unspecified atom stereocenters. The van der Waals surface area contributed by atoms with Crippen LogP contribution < -0.4 is 0 Å². The second kappa shape index (κ2) is 4.73. The molecule has 0 bridgehead atoms. The van der Waals surface area contributed by atoms with Gasteiger partial charge in [0, 0.05) is 31.5 Å². The highest BCUT2D eigenvalue weighted by Crippen LogP contribution is 2.44. The lowest BCUT2D eigenvalue weighted by atomic mass is 9.84. The van der Waals surface area contributed by atoms with Gasteiger partial charge in [-0.25, -0.2) is 4.79 Å². The summed E-state index contributed by atoms with van der Waals surface area (Å²) in [6, 6.07) is 10.9. The molecule has 0 N–H and O–H groups in total. The van der Waals surface area contributed by atoms with Gasteiger partial charge in [-0.2, -0.15) is 0 Å². The molecule has 112 valence electrons. The summed E-state index contributed by atoms with van der Waals surface area (Å²) in [5.41, 5.74) is 1.02. The second-order valence-electron chi connectivity index (χ2n) is 5.70. The normalized spacial score (nSPS) is 19.1. The number of nitrogens with zero attached hydrogens (tertiary/aromatic N) is 1. The molecule has 3 heterocycles. The van der Waals surface area contributed by atoms with Gasteiger partial charge in [-0.3, -0.25) is 4.79 Å². The van der Waals surface area contributed by atoms with Gasteiger partial charge in [0.25, 0.3) is 5.91 Å². The van der Waals surface area contributed by atoms with Crippen molar-refractivity contribution in [3.63, 3.8) is 0 Å². The van der Waals surface area contributed by atoms with Crippen molar-refractivity contribution in [3.05, 3.63) is 59.5 Å². The number of hydrogen-bond acceptors (Lipinski definition) is 4. The molecule has 22 heavy (non-hydrogen) atoms. The summed E-state index contributed by atoms with van der Waals surface area (Å²) in [5.74, 6) is -0.0290. The number of likely N-dealkylation sites (tertiary alicyclic amines) is 1. The minimum atomic E-state index is -0.576. The van der Waals surface area contributed by atoms with Crippen LogP contribution in [0.4, 0.5) is 0 Å². The molecule has 4 rings (SSSR count). The average Bonchev–Trinajstić information content (AvgIpc) is 3.17. The van der Waals surface area contributed by atoms with Crippen LogP contribution in [-0.2, 0) is 10.3 Å². The fraction of sp³-hybridized carbons (Fsp3) is 0.294. The van der Waals surface area contributed by atoms with E-state index in [1.165, 1.54) is 6.26 Å². The minimum absolute atomic E-state index is 0.113. The van der Waals surface area contributed by atoms with E-state index in [1.807, 2.05) is 18.2 Å². The molecule has 5 heteroatoms. The van der Waals surface area contributed by atoms with E-state index in [1.54, 1.807) is 23.1 Å². The maximum absolute atomic E-state index is 12.3. The van der Waals surface area contributed by atoms with Crippen LogP contribution >= 0.6 is 0 Å². The van der Waals surface area contributed by atoms with Crippen molar-refractivity contribution in [2.75, 3.05) is 13.1 Å². The van der Waals surface area contributed by atoms with Crippen LogP contribution in [0.5, 0.6) is 0 Å². The first kappa shape index (κ1) is 13.1. The molecular weight excluding hydrogens is 282 g/mol. The summed E-state index contributed by atoms with van der Waals surface area (Å²) in [6.07, 6.45) is 2.72. The summed E-state index contributed by atoms with van der Waals surface area (Å²) in [4.78, 5) is 26.1. The zero-order valence-electron chi connectivity index (χ0n) is 12.0. The third-order valence-electron chi connectivity index (χ3n) is 4.52. The van der Waals surface area contributed by atoms with E-state index in [9.17, 15) is 9.59 Å². The Hall–Kier alpha value is -2.56. The number of esters is 1. The number of fused-ring (bicyclic) bond motifs is 2. The first-order valence-corrected chi connectivity index (χ1v) is 7.35. The molecule has 1 aromatic carbocycles. The van der Waals surface area contributed by atoms with Gasteiger partial charge in [0.05, 0.1) is 11.8 Å². The van der Waals surface area contributed by atoms with Crippen molar-refractivity contribution in [2.24, 2.45) is 0 Å². The van der Waals surface area contributed by atoms with Gasteiger partial charge >= 0.3 is 5.97 Å². The first-order valence-electron chi connectivity index (χ1n) is 7.35. The molecule has 2 aliphatic heterocycles. The summed E-state index contributed by atoms with van der Waals surface area (Å²) in [5, 5.41) is 0. The topological polar surface area (TPSA) is 59.8 Å². The molecule has 2 aliphatic rings. The highest BCUT2D eigenvalue weighted by Gasteiger charge is 2.47. The Balaban J connectivity index is 1.55. The third-order valence-corrected chi connectivity index (χ3v) is 4.52. The molecule has 0 atom stereocenters. The molecule has 1 fully saturated rings. The minimum Gasteiger partial charge on any atom is -0.459 e. The van der Waals surface area contributed by atoms with Gasteiger partial charge in [0.15, 0.2) is 5.76 Å². The Bertz CT molecular complexity index is 727. The Morgan fingerprint density at radius 3 is 2.59 bits per heavy atom. The molecule has 1 saturated heterocycles. The number of carbonyl (C=O) groups excluding carboxylic acids is 2. The second-order valence-corrected chi connectivity index (χ2v) is 5.70. The van der Waals surface area contributed by atoms with E-state index in [-0.39, 0.29) is 11.9 Å². The van der Waals surface area contributed by atoms with Gasteiger partial charge in [0.2, 0.25) is 0 Å². The Morgan fingerprint density at radius 2 is 1.86 bits per heavy atom. The van der Waals surface area contributed by atoms with Crippen LogP contribution in [0, 0.1) is 0 Å². The fourth-order valence-electron chi connectivity index (χ4n) is 3.34. The van der Waals surface area contributed by atoms with E-state index in [2.05, 4.69) is 0 Å². The average molecular weight is 297 g/mol. The van der Waals surface area contributed by atoms with Crippen LogP contribution in [0.25, 0.3) is 0 Å². The van der Waals surface area contributed by atoms with Gasteiger partial charge in [-0.05, 0) is 18.2 Å². The molecule has 0 aliphatic carbocycles. The number of rotatable bonds is 1. The van der Waals surface area contributed by atoms with Gasteiger partial charge in [-0.15, -0.1) is 0 Å². The number of hydrogen-bond donors (Lipinski definition) is 0. The first-order chi connectivity index (χ1) is 10.7. The molecule has 5 nitrogen and oxygen atoms in total. The molecule has 2 aromatic rings. The molecule has 0 saturated carbocycles. The maximum Gasteiger partial charge on any atom is 0.339 e. The predicted octanol–water partition coefficient (Wildman–Crippen LogP) is 2.58.